The molecule has 0 saturated heterocycles. The number of rotatable bonds is 4. The average Bonchev–Trinajstić information content (AvgIpc) is 2.61. The molecule has 0 spiro atoms. The molecular weight excluding hydrogens is 198 g/mol. The molecule has 1 N–H and O–H groups in total. The van der Waals surface area contributed by atoms with Crippen LogP contribution in [0.2, 0.25) is 0 Å². The maximum atomic E-state index is 9.39. The normalized spacial score (nSPS) is 13.2. The van der Waals surface area contributed by atoms with Crippen molar-refractivity contribution in [3.05, 3.63) is 36.0 Å². The van der Waals surface area contributed by atoms with Gasteiger partial charge in [0.15, 0.2) is 0 Å². The first-order valence-corrected chi connectivity index (χ1v) is 5.96. The van der Waals surface area contributed by atoms with Crippen LogP contribution in [0.5, 0.6) is 0 Å². The summed E-state index contributed by atoms with van der Waals surface area (Å²) in [4.78, 5) is 0. The molecule has 1 unspecified atom stereocenters. The summed E-state index contributed by atoms with van der Waals surface area (Å²) >= 11 is 0. The second-order valence-electron chi connectivity index (χ2n) is 4.46. The molecule has 2 heteroatoms. The van der Waals surface area contributed by atoms with Crippen LogP contribution in [0.15, 0.2) is 30.5 Å². The number of aromatic nitrogens is 1. The highest BCUT2D eigenvalue weighted by Gasteiger charge is 2.03. The number of hydrogen-bond donors (Lipinski definition) is 1. The van der Waals surface area contributed by atoms with Crippen LogP contribution in [0, 0.1) is 0 Å². The van der Waals surface area contributed by atoms with Crippen molar-refractivity contribution in [2.24, 2.45) is 0 Å². The zero-order valence-corrected chi connectivity index (χ0v) is 9.98. The molecule has 1 aromatic heterocycles. The number of aliphatic hydroxyl groups is 1. The van der Waals surface area contributed by atoms with Crippen molar-refractivity contribution in [2.75, 3.05) is 0 Å². The SMILES string of the molecule is CCCn1ccc2ccc(CC(C)O)cc21. The van der Waals surface area contributed by atoms with Gasteiger partial charge in [-0.25, -0.2) is 0 Å². The zero-order valence-electron chi connectivity index (χ0n) is 9.98. The van der Waals surface area contributed by atoms with E-state index >= 15 is 0 Å². The van der Waals surface area contributed by atoms with Crippen molar-refractivity contribution in [2.45, 2.75) is 39.3 Å². The third-order valence-corrected chi connectivity index (χ3v) is 2.83. The molecule has 0 bridgehead atoms. The van der Waals surface area contributed by atoms with Crippen LogP contribution in [0.4, 0.5) is 0 Å². The lowest BCUT2D eigenvalue weighted by atomic mass is 10.1. The van der Waals surface area contributed by atoms with E-state index in [9.17, 15) is 5.11 Å². The van der Waals surface area contributed by atoms with E-state index in [1.54, 1.807) is 0 Å². The summed E-state index contributed by atoms with van der Waals surface area (Å²) in [6.07, 6.45) is 3.74. The molecule has 0 aliphatic heterocycles. The minimum absolute atomic E-state index is 0.271. The molecule has 0 aliphatic rings. The fourth-order valence-electron chi connectivity index (χ4n) is 2.13. The quantitative estimate of drug-likeness (QED) is 0.836. The van der Waals surface area contributed by atoms with Gasteiger partial charge in [-0.15, -0.1) is 0 Å². The standard InChI is InChI=1S/C14H19NO/c1-3-7-15-8-6-13-5-4-12(9-11(2)16)10-14(13)15/h4-6,8,10-11,16H,3,7,9H2,1-2H3. The Balaban J connectivity index is 2.37. The van der Waals surface area contributed by atoms with Gasteiger partial charge >= 0.3 is 0 Å². The topological polar surface area (TPSA) is 25.2 Å². The highest BCUT2D eigenvalue weighted by atomic mass is 16.3. The molecule has 2 rings (SSSR count). The molecule has 2 aromatic rings. The fraction of sp³-hybridized carbons (Fsp3) is 0.429. The van der Waals surface area contributed by atoms with Crippen LogP contribution in [0.3, 0.4) is 0 Å². The van der Waals surface area contributed by atoms with E-state index in [-0.39, 0.29) is 6.10 Å². The second-order valence-corrected chi connectivity index (χ2v) is 4.46. The van der Waals surface area contributed by atoms with Crippen molar-refractivity contribution in [1.29, 1.82) is 0 Å². The van der Waals surface area contributed by atoms with Gasteiger partial charge in [0.25, 0.3) is 0 Å². The first-order chi connectivity index (χ1) is 7.70. The fourth-order valence-corrected chi connectivity index (χ4v) is 2.13. The number of aryl methyl sites for hydroxylation is 1. The van der Waals surface area contributed by atoms with Crippen LogP contribution in [0.1, 0.15) is 25.8 Å². The van der Waals surface area contributed by atoms with Crippen LogP contribution < -0.4 is 0 Å². The van der Waals surface area contributed by atoms with Crippen molar-refractivity contribution in [3.8, 4) is 0 Å². The first-order valence-electron chi connectivity index (χ1n) is 5.96. The van der Waals surface area contributed by atoms with E-state index in [1.165, 1.54) is 16.5 Å². The highest BCUT2D eigenvalue weighted by molar-refractivity contribution is 5.80. The summed E-state index contributed by atoms with van der Waals surface area (Å²) < 4.78 is 2.28. The number of nitrogens with zero attached hydrogens (tertiary/aromatic N) is 1. The Bertz CT molecular complexity index is 471. The van der Waals surface area contributed by atoms with Crippen molar-refractivity contribution in [3.63, 3.8) is 0 Å². The zero-order chi connectivity index (χ0) is 11.5. The number of benzene rings is 1. The lowest BCUT2D eigenvalue weighted by molar-refractivity contribution is 0.195. The van der Waals surface area contributed by atoms with Gasteiger partial charge in [-0.1, -0.05) is 19.1 Å². The van der Waals surface area contributed by atoms with Gasteiger partial charge in [-0.2, -0.15) is 0 Å². The Morgan fingerprint density at radius 1 is 1.31 bits per heavy atom. The van der Waals surface area contributed by atoms with E-state index in [1.807, 2.05) is 6.92 Å². The van der Waals surface area contributed by atoms with Gasteiger partial charge in [0.05, 0.1) is 6.10 Å². The monoisotopic (exact) mass is 217 g/mol. The van der Waals surface area contributed by atoms with Gasteiger partial charge in [-0.3, -0.25) is 0 Å². The van der Waals surface area contributed by atoms with Crippen molar-refractivity contribution in [1.82, 2.24) is 4.57 Å². The maximum Gasteiger partial charge on any atom is 0.0552 e. The molecule has 0 saturated carbocycles. The van der Waals surface area contributed by atoms with Gasteiger partial charge in [0, 0.05) is 18.3 Å². The summed E-state index contributed by atoms with van der Waals surface area (Å²) in [7, 11) is 0. The minimum Gasteiger partial charge on any atom is -0.393 e. The van der Waals surface area contributed by atoms with E-state index < -0.39 is 0 Å². The highest BCUT2D eigenvalue weighted by Crippen LogP contribution is 2.19. The first kappa shape index (κ1) is 11.2. The van der Waals surface area contributed by atoms with Crippen LogP contribution in [0.25, 0.3) is 10.9 Å². The van der Waals surface area contributed by atoms with Gasteiger partial charge in [-0.05, 0) is 42.8 Å². The lowest BCUT2D eigenvalue weighted by Gasteiger charge is -2.07. The number of fused-ring (bicyclic) bond motifs is 1. The Kier molecular flexibility index (Phi) is 3.30. The van der Waals surface area contributed by atoms with E-state index in [4.69, 9.17) is 0 Å². The summed E-state index contributed by atoms with van der Waals surface area (Å²) in [6.45, 7) is 5.07. The Morgan fingerprint density at radius 2 is 2.12 bits per heavy atom. The van der Waals surface area contributed by atoms with Gasteiger partial charge < -0.3 is 9.67 Å². The molecule has 2 nitrogen and oxygen atoms in total. The summed E-state index contributed by atoms with van der Waals surface area (Å²) in [5.74, 6) is 0. The predicted octanol–water partition coefficient (Wildman–Crippen LogP) is 2.97. The van der Waals surface area contributed by atoms with Gasteiger partial charge in [0.1, 0.15) is 0 Å². The van der Waals surface area contributed by atoms with Crippen LogP contribution >= 0.6 is 0 Å². The van der Waals surface area contributed by atoms with Crippen LogP contribution in [-0.4, -0.2) is 15.8 Å². The summed E-state index contributed by atoms with van der Waals surface area (Å²) in [5.41, 5.74) is 2.48. The van der Waals surface area contributed by atoms with E-state index in [0.717, 1.165) is 19.4 Å². The largest absolute Gasteiger partial charge is 0.393 e. The molecule has 1 atom stereocenters. The summed E-state index contributed by atoms with van der Waals surface area (Å²) in [6, 6.07) is 8.58. The number of hydrogen-bond acceptors (Lipinski definition) is 1. The summed E-state index contributed by atoms with van der Waals surface area (Å²) in [5, 5.41) is 10.7. The number of aliphatic hydroxyl groups excluding tert-OH is 1. The molecule has 1 heterocycles. The van der Waals surface area contributed by atoms with E-state index in [0.29, 0.717) is 0 Å². The third kappa shape index (κ3) is 2.27. The average molecular weight is 217 g/mol. The molecule has 0 radical (unpaired) electrons. The van der Waals surface area contributed by atoms with Crippen molar-refractivity contribution >= 4 is 10.9 Å². The Labute approximate surface area is 96.5 Å². The molecule has 0 aliphatic carbocycles. The predicted molar refractivity (Wildman–Crippen MR) is 67.6 cm³/mol. The smallest absolute Gasteiger partial charge is 0.0552 e. The second kappa shape index (κ2) is 4.71. The third-order valence-electron chi connectivity index (χ3n) is 2.83. The molecule has 86 valence electrons. The van der Waals surface area contributed by atoms with Gasteiger partial charge in [0.2, 0.25) is 0 Å². The molecular formula is C14H19NO. The molecule has 0 fully saturated rings. The molecule has 1 aromatic carbocycles. The Hall–Kier alpha value is -1.28. The van der Waals surface area contributed by atoms with Crippen LogP contribution in [-0.2, 0) is 13.0 Å². The van der Waals surface area contributed by atoms with Crippen molar-refractivity contribution < 1.29 is 5.11 Å². The van der Waals surface area contributed by atoms with E-state index in [2.05, 4.69) is 42.0 Å². The Morgan fingerprint density at radius 3 is 2.81 bits per heavy atom. The molecule has 16 heavy (non-hydrogen) atoms. The molecule has 0 amide bonds. The lowest BCUT2D eigenvalue weighted by Crippen LogP contribution is -2.04. The minimum atomic E-state index is -0.271. The maximum absolute atomic E-state index is 9.39.